The number of hydrogen-bond donors (Lipinski definition) is 1. The molecule has 0 amide bonds. The summed E-state index contributed by atoms with van der Waals surface area (Å²) in [6.45, 7) is 18.7. The SMILES string of the molecule is CC(C)(C)c1ccc(Nc2cc3c(cc2-c2ccc4c5cc6c(cc5n5c4c2Bc2sc4ccc(C(C)(C)C)cc4c2-5)oc2ccccc26)-c2ccc(CC(c4ccccc4)c4ccccc4)cc2C3(C)C)cc1. The van der Waals surface area contributed by atoms with Crippen LogP contribution < -0.4 is 15.6 Å². The first-order valence-electron chi connectivity index (χ1n) is 26.4. The normalized spacial score (nSPS) is 13.8. The lowest BCUT2D eigenvalue weighted by Gasteiger charge is -2.26. The Morgan fingerprint density at radius 2 is 1.23 bits per heavy atom. The van der Waals surface area contributed by atoms with Crippen LogP contribution in [-0.4, -0.2) is 11.8 Å². The summed E-state index contributed by atoms with van der Waals surface area (Å²) >= 11 is 1.95. The summed E-state index contributed by atoms with van der Waals surface area (Å²) in [7, 11) is 0.841. The Labute approximate surface area is 438 Å². The van der Waals surface area contributed by atoms with Crippen LogP contribution in [0.1, 0.15) is 100 Å². The van der Waals surface area contributed by atoms with E-state index >= 15 is 0 Å². The van der Waals surface area contributed by atoms with Gasteiger partial charge >= 0.3 is 0 Å². The minimum Gasteiger partial charge on any atom is -0.456 e. The molecule has 5 heteroatoms. The molecule has 9 aromatic carbocycles. The molecule has 0 saturated heterocycles. The molecule has 3 nitrogen and oxygen atoms in total. The molecule has 0 bridgehead atoms. The molecule has 14 rings (SSSR count). The van der Waals surface area contributed by atoms with Crippen LogP contribution in [0.15, 0.2) is 186 Å². The van der Waals surface area contributed by atoms with Gasteiger partial charge in [-0.15, -0.1) is 11.3 Å². The molecule has 1 aliphatic heterocycles. The fourth-order valence-corrected chi connectivity index (χ4v) is 13.9. The summed E-state index contributed by atoms with van der Waals surface area (Å²) in [5.74, 6) is 0.253. The molecule has 0 spiro atoms. The summed E-state index contributed by atoms with van der Waals surface area (Å²) in [5, 5.41) is 10.2. The summed E-state index contributed by atoms with van der Waals surface area (Å²) in [4.78, 5) is 0. The van der Waals surface area contributed by atoms with Gasteiger partial charge in [0, 0.05) is 71.5 Å². The van der Waals surface area contributed by atoms with E-state index in [9.17, 15) is 0 Å². The van der Waals surface area contributed by atoms with Crippen LogP contribution in [0.25, 0.3) is 81.8 Å². The molecule has 0 unspecified atom stereocenters. The van der Waals surface area contributed by atoms with Gasteiger partial charge in [0.05, 0.1) is 11.2 Å². The van der Waals surface area contributed by atoms with Crippen LogP contribution >= 0.6 is 11.3 Å². The highest BCUT2D eigenvalue weighted by Crippen LogP contribution is 2.53. The maximum Gasteiger partial charge on any atom is 0.211 e. The van der Waals surface area contributed by atoms with Crippen molar-refractivity contribution < 1.29 is 4.42 Å². The molecule has 74 heavy (non-hydrogen) atoms. The van der Waals surface area contributed by atoms with Crippen LogP contribution in [0.4, 0.5) is 11.4 Å². The molecule has 4 heterocycles. The van der Waals surface area contributed by atoms with Gasteiger partial charge in [0.15, 0.2) is 0 Å². The predicted molar refractivity (Wildman–Crippen MR) is 318 cm³/mol. The van der Waals surface area contributed by atoms with Crippen LogP contribution in [-0.2, 0) is 22.7 Å². The van der Waals surface area contributed by atoms with E-state index in [4.69, 9.17) is 4.42 Å². The van der Waals surface area contributed by atoms with Gasteiger partial charge in [0.25, 0.3) is 0 Å². The zero-order valence-electron chi connectivity index (χ0n) is 43.6. The topological polar surface area (TPSA) is 30.1 Å². The lowest BCUT2D eigenvalue weighted by atomic mass is 9.63. The largest absolute Gasteiger partial charge is 0.456 e. The van der Waals surface area contributed by atoms with Crippen molar-refractivity contribution in [2.24, 2.45) is 0 Å². The maximum absolute atomic E-state index is 6.65. The van der Waals surface area contributed by atoms with E-state index in [0.717, 1.165) is 47.0 Å². The fraction of sp³-hybridized carbons (Fsp3) is 0.188. The number of para-hydroxylation sites is 1. The van der Waals surface area contributed by atoms with Gasteiger partial charge < -0.3 is 14.3 Å². The molecule has 12 aromatic rings. The predicted octanol–water partition coefficient (Wildman–Crippen LogP) is 17.3. The number of aromatic nitrogens is 1. The molecule has 360 valence electrons. The Morgan fingerprint density at radius 3 is 1.96 bits per heavy atom. The van der Waals surface area contributed by atoms with Crippen molar-refractivity contribution in [1.82, 2.24) is 4.57 Å². The van der Waals surface area contributed by atoms with Gasteiger partial charge in [0.1, 0.15) is 11.2 Å². The number of furan rings is 1. The van der Waals surface area contributed by atoms with Crippen LogP contribution in [0.5, 0.6) is 0 Å². The Kier molecular flexibility index (Phi) is 9.86. The second kappa shape index (κ2) is 16.2. The standard InChI is InChI=1S/C69H59BN2OS/c1-67(2,3)43-24-27-45(28-25-43)71-58-38-57-51(46-29-23-40(34-56(46)69(57,7)8)33-50(41-17-11-9-12-18-41)42-19-13-10-14-20-42)36-52(58)48-30-31-49-53-37-54-47-21-15-16-22-60(47)73-61(54)39-59(53)72-64(49)63(48)70-66-65(72)55-35-44(68(4,5)6)26-32-62(55)74-66/h9-32,34-39,50,70-71H,33H2,1-8H3. The number of thiophene rings is 1. The van der Waals surface area contributed by atoms with Gasteiger partial charge in [-0.05, 0) is 132 Å². The summed E-state index contributed by atoms with van der Waals surface area (Å²) in [6, 6.07) is 68.7. The van der Waals surface area contributed by atoms with Gasteiger partial charge in [-0.2, -0.15) is 0 Å². The van der Waals surface area contributed by atoms with Crippen molar-refractivity contribution in [1.29, 1.82) is 0 Å². The van der Waals surface area contributed by atoms with Crippen LogP contribution in [0, 0.1) is 0 Å². The molecule has 0 saturated carbocycles. The number of benzene rings is 9. The van der Waals surface area contributed by atoms with Crippen molar-refractivity contribution in [3.05, 3.63) is 221 Å². The van der Waals surface area contributed by atoms with E-state index in [-0.39, 0.29) is 22.2 Å². The van der Waals surface area contributed by atoms with E-state index < -0.39 is 0 Å². The first kappa shape index (κ1) is 45.1. The van der Waals surface area contributed by atoms with Crippen molar-refractivity contribution in [2.75, 3.05) is 5.32 Å². The highest BCUT2D eigenvalue weighted by Gasteiger charge is 2.38. The van der Waals surface area contributed by atoms with Crippen molar-refractivity contribution in [3.63, 3.8) is 0 Å². The number of anilines is 2. The average molecular weight is 975 g/mol. The molecule has 0 atom stereocenters. The van der Waals surface area contributed by atoms with Crippen LogP contribution in [0.2, 0.25) is 0 Å². The van der Waals surface area contributed by atoms with E-state index in [1.165, 1.54) is 109 Å². The highest BCUT2D eigenvalue weighted by molar-refractivity contribution is 7.29. The number of nitrogens with zero attached hydrogens (tertiary/aromatic N) is 1. The first-order chi connectivity index (χ1) is 35.7. The van der Waals surface area contributed by atoms with E-state index in [1.54, 1.807) is 0 Å². The second-order valence-corrected chi connectivity index (χ2v) is 24.9. The Morgan fingerprint density at radius 1 is 0.554 bits per heavy atom. The molecule has 1 aliphatic carbocycles. The number of fused-ring (bicyclic) bond motifs is 13. The molecule has 0 radical (unpaired) electrons. The van der Waals surface area contributed by atoms with Gasteiger partial charge in [-0.25, -0.2) is 0 Å². The smallest absolute Gasteiger partial charge is 0.211 e. The third-order valence-electron chi connectivity index (χ3n) is 16.7. The van der Waals surface area contributed by atoms with Crippen LogP contribution in [0.3, 0.4) is 0 Å². The van der Waals surface area contributed by atoms with Crippen molar-refractivity contribution >= 4 is 94.1 Å². The quantitative estimate of drug-likeness (QED) is 0.161. The van der Waals surface area contributed by atoms with E-state index in [1.807, 2.05) is 11.3 Å². The molecule has 3 aromatic heterocycles. The first-order valence-corrected chi connectivity index (χ1v) is 27.3. The molecule has 1 N–H and O–H groups in total. The lowest BCUT2D eigenvalue weighted by Crippen LogP contribution is -2.35. The zero-order chi connectivity index (χ0) is 50.4. The molecule has 2 aliphatic rings. The minimum absolute atomic E-state index is 0.0167. The zero-order valence-corrected chi connectivity index (χ0v) is 44.4. The van der Waals surface area contributed by atoms with Crippen molar-refractivity contribution in [2.45, 2.75) is 84.0 Å². The number of rotatable bonds is 7. The van der Waals surface area contributed by atoms with Gasteiger partial charge in [0.2, 0.25) is 7.28 Å². The third-order valence-corrected chi connectivity index (χ3v) is 17.9. The third kappa shape index (κ3) is 6.99. The minimum atomic E-state index is -0.232. The Bertz CT molecular complexity index is 4210. The van der Waals surface area contributed by atoms with E-state index in [0.29, 0.717) is 0 Å². The van der Waals surface area contributed by atoms with Gasteiger partial charge in [-0.1, -0.05) is 183 Å². The lowest BCUT2D eigenvalue weighted by molar-refractivity contribution is 0.590. The Balaban J connectivity index is 0.990. The van der Waals surface area contributed by atoms with Gasteiger partial charge in [-0.3, -0.25) is 0 Å². The Hall–Kier alpha value is -7.60. The molecular formula is C69H59BN2OS. The van der Waals surface area contributed by atoms with Crippen molar-refractivity contribution in [3.8, 4) is 27.9 Å². The fourth-order valence-electron chi connectivity index (χ4n) is 12.7. The summed E-state index contributed by atoms with van der Waals surface area (Å²) in [5.41, 5.74) is 23.6. The van der Waals surface area contributed by atoms with E-state index in [2.05, 4.69) is 247 Å². The second-order valence-electron chi connectivity index (χ2n) is 23.8. The maximum atomic E-state index is 6.65. The summed E-state index contributed by atoms with van der Waals surface area (Å²) < 4.78 is 12.0. The molecular weight excluding hydrogens is 916 g/mol. The number of hydrogen-bond acceptors (Lipinski definition) is 3. The number of nitrogens with one attached hydrogen (secondary N) is 1. The summed E-state index contributed by atoms with van der Waals surface area (Å²) in [6.07, 6.45) is 0.923. The monoisotopic (exact) mass is 974 g/mol. The average Bonchev–Trinajstić information content (AvgIpc) is 4.11. The highest BCUT2D eigenvalue weighted by atomic mass is 32.1. The molecule has 0 fully saturated rings.